The zero-order valence-corrected chi connectivity index (χ0v) is 13.5. The van der Waals surface area contributed by atoms with E-state index in [0.29, 0.717) is 0 Å². The van der Waals surface area contributed by atoms with Gasteiger partial charge in [-0.25, -0.2) is 0 Å². The maximum atomic E-state index is 12.8. The molecule has 0 aliphatic heterocycles. The first-order chi connectivity index (χ1) is 10.2. The molecule has 0 aromatic heterocycles. The van der Waals surface area contributed by atoms with Crippen molar-refractivity contribution in [3.63, 3.8) is 0 Å². The maximum Gasteiger partial charge on any atom is 0.196 e. The first-order valence-electron chi connectivity index (χ1n) is 8.98. The Morgan fingerprint density at radius 1 is 1.00 bits per heavy atom. The van der Waals surface area contributed by atoms with Gasteiger partial charge in [0, 0.05) is 0 Å². The van der Waals surface area contributed by atoms with Crippen LogP contribution >= 0.6 is 0 Å². The fourth-order valence-corrected chi connectivity index (χ4v) is 4.51. The van der Waals surface area contributed by atoms with Crippen LogP contribution in [0, 0.1) is 35.0 Å². The number of rotatable bonds is 5. The van der Waals surface area contributed by atoms with Gasteiger partial charge < -0.3 is 0 Å². The molecule has 1 nitrogen and oxygen atoms in total. The Labute approximate surface area is 129 Å². The summed E-state index contributed by atoms with van der Waals surface area (Å²) in [6.45, 7) is 2.33. The molecule has 0 aromatic carbocycles. The average molecular weight is 291 g/mol. The van der Waals surface area contributed by atoms with Crippen LogP contribution in [0.2, 0.25) is 0 Å². The van der Waals surface area contributed by atoms with Crippen LogP contribution in [0.25, 0.3) is 0 Å². The van der Waals surface area contributed by atoms with Crippen molar-refractivity contribution in [3.8, 4) is 6.07 Å². The SMILES string of the molecule is CC[C@H]1CC[C@H]([C@H]2CC[C@H](CCC=C(F)C#N)CC2)CC1. The van der Waals surface area contributed by atoms with E-state index < -0.39 is 5.83 Å². The molecule has 21 heavy (non-hydrogen) atoms. The van der Waals surface area contributed by atoms with E-state index in [4.69, 9.17) is 5.26 Å². The van der Waals surface area contributed by atoms with Crippen molar-refractivity contribution in [2.24, 2.45) is 23.7 Å². The second-order valence-corrected chi connectivity index (χ2v) is 7.21. The van der Waals surface area contributed by atoms with Gasteiger partial charge in [0.05, 0.1) is 0 Å². The topological polar surface area (TPSA) is 23.8 Å². The standard InChI is InChI=1S/C19H30FN/c1-2-15-6-10-17(11-7-15)18-12-8-16(9-13-18)4-3-5-19(20)14-21/h5,15-18H,2-4,6-13H2,1H3/t15-,16-,17-,18-. The average Bonchev–Trinajstić information content (AvgIpc) is 2.55. The highest BCUT2D eigenvalue weighted by molar-refractivity contribution is 5.11. The Bertz CT molecular complexity index is 366. The summed E-state index contributed by atoms with van der Waals surface area (Å²) in [5.41, 5.74) is 0. The zero-order valence-electron chi connectivity index (χ0n) is 13.5. The Balaban J connectivity index is 1.66. The predicted molar refractivity (Wildman–Crippen MR) is 85.2 cm³/mol. The Hall–Kier alpha value is -0.840. The minimum Gasteiger partial charge on any atom is -0.195 e. The van der Waals surface area contributed by atoms with Gasteiger partial charge in [-0.1, -0.05) is 39.0 Å². The second kappa shape index (κ2) is 8.57. The van der Waals surface area contributed by atoms with Crippen LogP contribution < -0.4 is 0 Å². The van der Waals surface area contributed by atoms with Gasteiger partial charge in [-0.15, -0.1) is 0 Å². The molecule has 2 aliphatic rings. The van der Waals surface area contributed by atoms with Gasteiger partial charge in [-0.3, -0.25) is 0 Å². The smallest absolute Gasteiger partial charge is 0.195 e. The molecule has 0 unspecified atom stereocenters. The lowest BCUT2D eigenvalue weighted by atomic mass is 9.68. The van der Waals surface area contributed by atoms with E-state index >= 15 is 0 Å². The minimum atomic E-state index is -0.614. The van der Waals surface area contributed by atoms with Gasteiger partial charge in [0.15, 0.2) is 5.83 Å². The molecule has 0 bridgehead atoms. The highest BCUT2D eigenvalue weighted by Crippen LogP contribution is 2.42. The third-order valence-corrected chi connectivity index (χ3v) is 6.03. The minimum absolute atomic E-state index is 0.614. The molecular formula is C19H30FN. The van der Waals surface area contributed by atoms with Crippen LogP contribution in [0.4, 0.5) is 4.39 Å². The number of nitrogens with zero attached hydrogens (tertiary/aromatic N) is 1. The normalized spacial score (nSPS) is 34.4. The quantitative estimate of drug-likeness (QED) is 0.556. The molecular weight excluding hydrogens is 261 g/mol. The summed E-state index contributed by atoms with van der Waals surface area (Å²) in [6.07, 6.45) is 15.9. The largest absolute Gasteiger partial charge is 0.196 e. The van der Waals surface area contributed by atoms with Crippen LogP contribution in [0.5, 0.6) is 0 Å². The molecule has 2 saturated carbocycles. The van der Waals surface area contributed by atoms with Crippen LogP contribution in [0.15, 0.2) is 11.9 Å². The van der Waals surface area contributed by atoms with Crippen molar-refractivity contribution in [2.45, 2.75) is 77.6 Å². The molecule has 0 atom stereocenters. The monoisotopic (exact) mass is 291 g/mol. The van der Waals surface area contributed by atoms with E-state index in [1.165, 1.54) is 63.9 Å². The molecule has 0 radical (unpaired) electrons. The molecule has 0 spiro atoms. The Morgan fingerprint density at radius 3 is 2.00 bits per heavy atom. The number of nitriles is 1. The summed E-state index contributed by atoms with van der Waals surface area (Å²) >= 11 is 0. The summed E-state index contributed by atoms with van der Waals surface area (Å²) in [6, 6.07) is 1.56. The first kappa shape index (κ1) is 16.5. The molecule has 2 rings (SSSR count). The molecule has 2 heteroatoms. The van der Waals surface area contributed by atoms with E-state index in [1.54, 1.807) is 6.07 Å². The molecule has 0 amide bonds. The molecule has 2 fully saturated rings. The number of hydrogen-bond donors (Lipinski definition) is 0. The lowest BCUT2D eigenvalue weighted by Gasteiger charge is -2.37. The van der Waals surface area contributed by atoms with Crippen molar-refractivity contribution >= 4 is 0 Å². The summed E-state index contributed by atoms with van der Waals surface area (Å²) < 4.78 is 12.8. The molecule has 0 saturated heterocycles. The summed E-state index contributed by atoms with van der Waals surface area (Å²) in [5, 5.41) is 8.39. The van der Waals surface area contributed by atoms with E-state index in [2.05, 4.69) is 6.92 Å². The number of halogens is 1. The highest BCUT2D eigenvalue weighted by atomic mass is 19.1. The fourth-order valence-electron chi connectivity index (χ4n) is 4.51. The van der Waals surface area contributed by atoms with Gasteiger partial charge in [0.1, 0.15) is 6.07 Å². The predicted octanol–water partition coefficient (Wildman–Crippen LogP) is 6.17. The lowest BCUT2D eigenvalue weighted by molar-refractivity contribution is 0.143. The van der Waals surface area contributed by atoms with Crippen molar-refractivity contribution in [2.75, 3.05) is 0 Å². The van der Waals surface area contributed by atoms with Crippen LogP contribution in [0.3, 0.4) is 0 Å². The van der Waals surface area contributed by atoms with Crippen molar-refractivity contribution < 1.29 is 4.39 Å². The molecule has 118 valence electrons. The van der Waals surface area contributed by atoms with E-state index in [0.717, 1.165) is 36.5 Å². The molecule has 2 aliphatic carbocycles. The summed E-state index contributed by atoms with van der Waals surface area (Å²) in [4.78, 5) is 0. The van der Waals surface area contributed by atoms with Gasteiger partial charge in [0.25, 0.3) is 0 Å². The van der Waals surface area contributed by atoms with E-state index in [-0.39, 0.29) is 0 Å². The summed E-state index contributed by atoms with van der Waals surface area (Å²) in [5.74, 6) is 3.10. The third kappa shape index (κ3) is 5.13. The first-order valence-corrected chi connectivity index (χ1v) is 8.98. The van der Waals surface area contributed by atoms with Crippen molar-refractivity contribution in [1.82, 2.24) is 0 Å². The van der Waals surface area contributed by atoms with Crippen LogP contribution in [-0.2, 0) is 0 Å². The third-order valence-electron chi connectivity index (χ3n) is 6.03. The van der Waals surface area contributed by atoms with Crippen molar-refractivity contribution in [1.29, 1.82) is 5.26 Å². The number of allylic oxidation sites excluding steroid dienone is 2. The lowest BCUT2D eigenvalue weighted by Crippen LogP contribution is -2.25. The second-order valence-electron chi connectivity index (χ2n) is 7.21. The highest BCUT2D eigenvalue weighted by Gasteiger charge is 2.30. The molecule has 0 aromatic rings. The van der Waals surface area contributed by atoms with Gasteiger partial charge in [0.2, 0.25) is 0 Å². The van der Waals surface area contributed by atoms with E-state index in [1.807, 2.05) is 0 Å². The van der Waals surface area contributed by atoms with Gasteiger partial charge in [-0.05, 0) is 68.3 Å². The van der Waals surface area contributed by atoms with Gasteiger partial charge >= 0.3 is 0 Å². The Kier molecular flexibility index (Phi) is 6.74. The van der Waals surface area contributed by atoms with Crippen LogP contribution in [0.1, 0.15) is 77.6 Å². The summed E-state index contributed by atoms with van der Waals surface area (Å²) in [7, 11) is 0. The van der Waals surface area contributed by atoms with Crippen molar-refractivity contribution in [3.05, 3.63) is 11.9 Å². The molecule has 0 N–H and O–H groups in total. The fraction of sp³-hybridized carbons (Fsp3) is 0.842. The molecule has 0 heterocycles. The zero-order chi connectivity index (χ0) is 15.1. The van der Waals surface area contributed by atoms with E-state index in [9.17, 15) is 4.39 Å². The number of hydrogen-bond acceptors (Lipinski definition) is 1. The van der Waals surface area contributed by atoms with Gasteiger partial charge in [-0.2, -0.15) is 9.65 Å². The van der Waals surface area contributed by atoms with Crippen LogP contribution in [-0.4, -0.2) is 0 Å². The maximum absolute atomic E-state index is 12.8. The Morgan fingerprint density at radius 2 is 1.52 bits per heavy atom.